The van der Waals surface area contributed by atoms with Crippen LogP contribution in [0.1, 0.15) is 33.6 Å². The van der Waals surface area contributed by atoms with E-state index >= 15 is 0 Å². The maximum atomic E-state index is 5.92. The topological polar surface area (TPSA) is 38.5 Å². The molecule has 0 fully saturated rings. The van der Waals surface area contributed by atoms with Crippen molar-refractivity contribution in [3.05, 3.63) is 18.2 Å². The van der Waals surface area contributed by atoms with Crippen LogP contribution < -0.4 is 15.4 Å². The molecule has 2 N–H and O–H groups in total. The van der Waals surface area contributed by atoms with Gasteiger partial charge in [-0.2, -0.15) is 0 Å². The molecule has 102 valence electrons. The van der Waals surface area contributed by atoms with Crippen molar-refractivity contribution in [3.63, 3.8) is 0 Å². The molecule has 0 atom stereocenters. The molecule has 0 radical (unpaired) electrons. The molecule has 0 spiro atoms. The summed E-state index contributed by atoms with van der Waals surface area (Å²) in [6.45, 7) is 8.75. The number of anilines is 2. The Morgan fingerprint density at radius 2 is 1.83 bits per heavy atom. The molecule has 0 saturated carbocycles. The molecule has 0 aromatic heterocycles. The van der Waals surface area contributed by atoms with Gasteiger partial charge in [0.2, 0.25) is 0 Å². The largest absolute Gasteiger partial charge is 0.497 e. The average molecular weight is 250 g/mol. The quantitative estimate of drug-likeness (QED) is 0.752. The fourth-order valence-corrected chi connectivity index (χ4v) is 2.18. The standard InChI is InChI=1S/C15H26N2O/c1-5-12(6-2)11-17(7-3)14-8-13(16)9-15(10-14)18-4/h8-10,12H,5-7,11,16H2,1-4H3. The Morgan fingerprint density at radius 3 is 2.33 bits per heavy atom. The normalized spacial score (nSPS) is 10.7. The van der Waals surface area contributed by atoms with E-state index in [1.54, 1.807) is 7.11 Å². The van der Waals surface area contributed by atoms with Crippen LogP contribution in [0.25, 0.3) is 0 Å². The lowest BCUT2D eigenvalue weighted by Crippen LogP contribution is -2.29. The van der Waals surface area contributed by atoms with Gasteiger partial charge in [0.25, 0.3) is 0 Å². The maximum Gasteiger partial charge on any atom is 0.122 e. The molecule has 0 unspecified atom stereocenters. The number of hydrogen-bond acceptors (Lipinski definition) is 3. The summed E-state index contributed by atoms with van der Waals surface area (Å²) in [6.07, 6.45) is 2.43. The van der Waals surface area contributed by atoms with Gasteiger partial charge in [-0.1, -0.05) is 26.7 Å². The first-order valence-corrected chi connectivity index (χ1v) is 6.84. The molecular weight excluding hydrogens is 224 g/mol. The van der Waals surface area contributed by atoms with Crippen molar-refractivity contribution < 1.29 is 4.74 Å². The van der Waals surface area contributed by atoms with Gasteiger partial charge in [0.15, 0.2) is 0 Å². The van der Waals surface area contributed by atoms with E-state index in [4.69, 9.17) is 10.5 Å². The number of benzene rings is 1. The first-order chi connectivity index (χ1) is 8.64. The first kappa shape index (κ1) is 14.7. The summed E-state index contributed by atoms with van der Waals surface area (Å²) in [7, 11) is 1.68. The second kappa shape index (κ2) is 7.14. The van der Waals surface area contributed by atoms with Crippen LogP contribution in [-0.2, 0) is 0 Å². The van der Waals surface area contributed by atoms with E-state index in [1.165, 1.54) is 12.8 Å². The summed E-state index contributed by atoms with van der Waals surface area (Å²) >= 11 is 0. The second-order valence-electron chi connectivity index (χ2n) is 4.69. The van der Waals surface area contributed by atoms with Gasteiger partial charge in [-0.3, -0.25) is 0 Å². The lowest BCUT2D eigenvalue weighted by atomic mass is 10.0. The molecular formula is C15H26N2O. The van der Waals surface area contributed by atoms with Crippen molar-refractivity contribution in [1.29, 1.82) is 0 Å². The highest BCUT2D eigenvalue weighted by atomic mass is 16.5. The molecule has 18 heavy (non-hydrogen) atoms. The number of ether oxygens (including phenoxy) is 1. The third-order valence-electron chi connectivity index (χ3n) is 3.53. The Kier molecular flexibility index (Phi) is 5.83. The number of nitrogens with zero attached hydrogens (tertiary/aromatic N) is 1. The minimum Gasteiger partial charge on any atom is -0.497 e. The minimum atomic E-state index is 0.734. The average Bonchev–Trinajstić information content (AvgIpc) is 2.39. The van der Waals surface area contributed by atoms with Crippen molar-refractivity contribution in [2.75, 3.05) is 30.8 Å². The highest BCUT2D eigenvalue weighted by Gasteiger charge is 2.12. The first-order valence-electron chi connectivity index (χ1n) is 6.84. The molecule has 1 aromatic rings. The van der Waals surface area contributed by atoms with Crippen LogP contribution in [0.15, 0.2) is 18.2 Å². The van der Waals surface area contributed by atoms with Crippen molar-refractivity contribution in [2.24, 2.45) is 5.92 Å². The Labute approximate surface area is 111 Å². The van der Waals surface area contributed by atoms with Gasteiger partial charge >= 0.3 is 0 Å². The maximum absolute atomic E-state index is 5.92. The van der Waals surface area contributed by atoms with Crippen LogP contribution >= 0.6 is 0 Å². The second-order valence-corrected chi connectivity index (χ2v) is 4.69. The van der Waals surface area contributed by atoms with E-state index in [-0.39, 0.29) is 0 Å². The van der Waals surface area contributed by atoms with Gasteiger partial charge < -0.3 is 15.4 Å². The van der Waals surface area contributed by atoms with Crippen molar-refractivity contribution in [3.8, 4) is 5.75 Å². The number of methoxy groups -OCH3 is 1. The molecule has 0 heterocycles. The van der Waals surface area contributed by atoms with E-state index < -0.39 is 0 Å². The predicted octanol–water partition coefficient (Wildman–Crippen LogP) is 3.54. The molecule has 0 saturated heterocycles. The molecule has 0 aliphatic carbocycles. The highest BCUT2D eigenvalue weighted by molar-refractivity contribution is 5.60. The number of nitrogen functional groups attached to an aromatic ring is 1. The molecule has 3 nitrogen and oxygen atoms in total. The Hall–Kier alpha value is -1.38. The summed E-state index contributed by atoms with van der Waals surface area (Å²) in [5.41, 5.74) is 7.83. The van der Waals surface area contributed by atoms with E-state index in [0.29, 0.717) is 0 Å². The molecule has 1 aromatic carbocycles. The minimum absolute atomic E-state index is 0.734. The Balaban J connectivity index is 2.90. The molecule has 1 rings (SSSR count). The SMILES string of the molecule is CCC(CC)CN(CC)c1cc(N)cc(OC)c1. The summed E-state index contributed by atoms with van der Waals surface area (Å²) < 4.78 is 5.28. The predicted molar refractivity (Wildman–Crippen MR) is 79.4 cm³/mol. The van der Waals surface area contributed by atoms with Crippen LogP contribution in [0.2, 0.25) is 0 Å². The van der Waals surface area contributed by atoms with E-state index in [9.17, 15) is 0 Å². The zero-order chi connectivity index (χ0) is 13.5. The van der Waals surface area contributed by atoms with Crippen molar-refractivity contribution in [2.45, 2.75) is 33.6 Å². The summed E-state index contributed by atoms with van der Waals surface area (Å²) in [4.78, 5) is 2.37. The third kappa shape index (κ3) is 3.83. The van der Waals surface area contributed by atoms with Gasteiger partial charge in [-0.25, -0.2) is 0 Å². The molecule has 0 amide bonds. The van der Waals surface area contributed by atoms with Crippen molar-refractivity contribution >= 4 is 11.4 Å². The fraction of sp³-hybridized carbons (Fsp3) is 0.600. The van der Waals surface area contributed by atoms with Crippen LogP contribution in [0, 0.1) is 5.92 Å². The van der Waals surface area contributed by atoms with Crippen molar-refractivity contribution in [1.82, 2.24) is 0 Å². The monoisotopic (exact) mass is 250 g/mol. The number of hydrogen-bond donors (Lipinski definition) is 1. The summed E-state index contributed by atoms with van der Waals surface area (Å²) in [6, 6.07) is 5.94. The van der Waals surface area contributed by atoms with Gasteiger partial charge in [0, 0.05) is 36.6 Å². The van der Waals surface area contributed by atoms with Gasteiger partial charge in [0.05, 0.1) is 7.11 Å². The molecule has 0 aliphatic rings. The Bertz CT molecular complexity index is 362. The van der Waals surface area contributed by atoms with Gasteiger partial charge in [-0.15, -0.1) is 0 Å². The van der Waals surface area contributed by atoms with E-state index in [0.717, 1.165) is 36.1 Å². The van der Waals surface area contributed by atoms with Gasteiger partial charge in [0.1, 0.15) is 5.75 Å². The number of nitrogens with two attached hydrogens (primary N) is 1. The van der Waals surface area contributed by atoms with Gasteiger partial charge in [-0.05, 0) is 18.9 Å². The van der Waals surface area contributed by atoms with Crippen LogP contribution in [0.3, 0.4) is 0 Å². The third-order valence-corrected chi connectivity index (χ3v) is 3.53. The lowest BCUT2D eigenvalue weighted by Gasteiger charge is -2.28. The van der Waals surface area contributed by atoms with Crippen LogP contribution in [-0.4, -0.2) is 20.2 Å². The fourth-order valence-electron chi connectivity index (χ4n) is 2.18. The molecule has 3 heteroatoms. The zero-order valence-corrected chi connectivity index (χ0v) is 12.1. The van der Waals surface area contributed by atoms with Crippen LogP contribution in [0.5, 0.6) is 5.75 Å². The smallest absolute Gasteiger partial charge is 0.122 e. The van der Waals surface area contributed by atoms with E-state index in [2.05, 4.69) is 31.7 Å². The number of rotatable bonds is 7. The van der Waals surface area contributed by atoms with Crippen LogP contribution in [0.4, 0.5) is 11.4 Å². The summed E-state index contributed by atoms with van der Waals surface area (Å²) in [5, 5.41) is 0. The molecule has 0 bridgehead atoms. The zero-order valence-electron chi connectivity index (χ0n) is 12.1. The molecule has 0 aliphatic heterocycles. The Morgan fingerprint density at radius 1 is 1.17 bits per heavy atom. The lowest BCUT2D eigenvalue weighted by molar-refractivity contribution is 0.414. The highest BCUT2D eigenvalue weighted by Crippen LogP contribution is 2.26. The summed E-state index contributed by atoms with van der Waals surface area (Å²) in [5.74, 6) is 1.56. The van der Waals surface area contributed by atoms with E-state index in [1.807, 2.05) is 12.1 Å².